The van der Waals surface area contributed by atoms with Crippen LogP contribution in [0.4, 0.5) is 23.5 Å². The molecular formula is C19H38N8. The Morgan fingerprint density at radius 2 is 1.07 bits per heavy atom. The second-order valence-corrected chi connectivity index (χ2v) is 4.23. The average Bonchev–Trinajstić information content (AvgIpc) is 2.75. The summed E-state index contributed by atoms with van der Waals surface area (Å²) in [7, 11) is 0. The molecule has 0 amide bonds. The fourth-order valence-electron chi connectivity index (χ4n) is 1.61. The number of nitrogens with zero attached hydrogens (tertiary/aromatic N) is 3. The van der Waals surface area contributed by atoms with Gasteiger partial charge < -0.3 is 27.4 Å². The number of benzene rings is 1. The number of hydrogen-bond acceptors (Lipinski definition) is 8. The molecule has 8 heteroatoms. The standard InChI is InChI=1S/C13H20N8.3C2H6/c14-6-8-16-11-19-12(17-9-7-15)21-13(20-11)18-10-4-2-1-3-5-10;3*1-2/h1-5H,6-9,14-15H2,(H3,16,17,18,19,20,21);3*1-2H3. The molecule has 0 saturated carbocycles. The quantitative estimate of drug-likeness (QED) is 0.473. The maximum Gasteiger partial charge on any atom is 0.233 e. The first-order valence-electron chi connectivity index (χ1n) is 9.78. The van der Waals surface area contributed by atoms with Crippen LogP contribution >= 0.6 is 0 Å². The smallest absolute Gasteiger partial charge is 0.233 e. The molecule has 0 aliphatic carbocycles. The molecule has 27 heavy (non-hydrogen) atoms. The maximum absolute atomic E-state index is 5.47. The van der Waals surface area contributed by atoms with E-state index in [1.54, 1.807) is 0 Å². The Kier molecular flexibility index (Phi) is 19.7. The Hall–Kier alpha value is -2.45. The summed E-state index contributed by atoms with van der Waals surface area (Å²) in [6.45, 7) is 14.2. The SMILES string of the molecule is CC.CC.CC.NCCNc1nc(NCCN)nc(Nc2ccccc2)n1. The van der Waals surface area contributed by atoms with Gasteiger partial charge in [0.05, 0.1) is 0 Å². The van der Waals surface area contributed by atoms with Gasteiger partial charge in [0.2, 0.25) is 17.8 Å². The van der Waals surface area contributed by atoms with Crippen molar-refractivity contribution in [2.24, 2.45) is 11.5 Å². The second-order valence-electron chi connectivity index (χ2n) is 4.23. The van der Waals surface area contributed by atoms with E-state index in [-0.39, 0.29) is 0 Å². The molecule has 0 radical (unpaired) electrons. The Labute approximate surface area is 164 Å². The summed E-state index contributed by atoms with van der Waals surface area (Å²) in [5.74, 6) is 1.39. The van der Waals surface area contributed by atoms with E-state index in [1.807, 2.05) is 71.9 Å². The number of nitrogens with one attached hydrogen (secondary N) is 3. The van der Waals surface area contributed by atoms with Crippen molar-refractivity contribution in [1.82, 2.24) is 15.0 Å². The number of hydrogen-bond donors (Lipinski definition) is 5. The van der Waals surface area contributed by atoms with Gasteiger partial charge in [-0.15, -0.1) is 0 Å². The van der Waals surface area contributed by atoms with Gasteiger partial charge in [0.15, 0.2) is 0 Å². The van der Waals surface area contributed by atoms with Gasteiger partial charge >= 0.3 is 0 Å². The van der Waals surface area contributed by atoms with E-state index in [4.69, 9.17) is 11.5 Å². The molecule has 7 N–H and O–H groups in total. The van der Waals surface area contributed by atoms with E-state index < -0.39 is 0 Å². The van der Waals surface area contributed by atoms with Crippen LogP contribution in [0.25, 0.3) is 0 Å². The third-order valence-corrected chi connectivity index (χ3v) is 2.52. The first-order valence-corrected chi connectivity index (χ1v) is 9.78. The molecule has 8 nitrogen and oxygen atoms in total. The van der Waals surface area contributed by atoms with Crippen LogP contribution in [0.2, 0.25) is 0 Å². The highest BCUT2D eigenvalue weighted by atomic mass is 15.3. The van der Waals surface area contributed by atoms with Crippen molar-refractivity contribution in [2.75, 3.05) is 42.1 Å². The van der Waals surface area contributed by atoms with Crippen molar-refractivity contribution in [3.8, 4) is 0 Å². The van der Waals surface area contributed by atoms with Crippen LogP contribution in [0.5, 0.6) is 0 Å². The number of rotatable bonds is 8. The molecule has 0 saturated heterocycles. The van der Waals surface area contributed by atoms with Crippen LogP contribution in [0.1, 0.15) is 41.5 Å². The van der Waals surface area contributed by atoms with Crippen molar-refractivity contribution in [3.05, 3.63) is 30.3 Å². The van der Waals surface area contributed by atoms with Crippen molar-refractivity contribution in [1.29, 1.82) is 0 Å². The van der Waals surface area contributed by atoms with Crippen molar-refractivity contribution >= 4 is 23.5 Å². The number of aromatic nitrogens is 3. The highest BCUT2D eigenvalue weighted by Gasteiger charge is 2.06. The molecule has 2 rings (SSSR count). The normalized spacial score (nSPS) is 8.59. The number of para-hydroxylation sites is 1. The lowest BCUT2D eigenvalue weighted by Crippen LogP contribution is -2.18. The van der Waals surface area contributed by atoms with E-state index >= 15 is 0 Å². The van der Waals surface area contributed by atoms with Gasteiger partial charge in [0.1, 0.15) is 0 Å². The molecule has 0 fully saturated rings. The summed E-state index contributed by atoms with van der Waals surface area (Å²) >= 11 is 0. The third-order valence-electron chi connectivity index (χ3n) is 2.52. The molecule has 1 aromatic carbocycles. The van der Waals surface area contributed by atoms with Gasteiger partial charge in [0, 0.05) is 31.9 Å². The first-order chi connectivity index (χ1) is 13.3. The molecule has 0 aliphatic rings. The Balaban J connectivity index is 0. The minimum atomic E-state index is 0.454. The maximum atomic E-state index is 5.47. The first kappa shape index (κ1) is 26.8. The summed E-state index contributed by atoms with van der Waals surface area (Å²) in [6.07, 6.45) is 0. The zero-order chi connectivity index (χ0) is 20.9. The summed E-state index contributed by atoms with van der Waals surface area (Å²) < 4.78 is 0. The van der Waals surface area contributed by atoms with Gasteiger partial charge in [-0.2, -0.15) is 15.0 Å². The fourth-order valence-corrected chi connectivity index (χ4v) is 1.61. The average molecular weight is 379 g/mol. The summed E-state index contributed by atoms with van der Waals surface area (Å²) in [4.78, 5) is 12.9. The lowest BCUT2D eigenvalue weighted by molar-refractivity contribution is 0.948. The minimum Gasteiger partial charge on any atom is -0.353 e. The van der Waals surface area contributed by atoms with Crippen LogP contribution in [-0.4, -0.2) is 41.1 Å². The second kappa shape index (κ2) is 19.9. The van der Waals surface area contributed by atoms with E-state index in [2.05, 4.69) is 30.9 Å². The summed E-state index contributed by atoms with van der Waals surface area (Å²) in [6, 6.07) is 9.68. The molecule has 0 bridgehead atoms. The minimum absolute atomic E-state index is 0.454. The number of anilines is 4. The fraction of sp³-hybridized carbons (Fsp3) is 0.526. The molecule has 0 atom stereocenters. The zero-order valence-electron chi connectivity index (χ0n) is 17.7. The van der Waals surface area contributed by atoms with E-state index in [1.165, 1.54) is 0 Å². The van der Waals surface area contributed by atoms with Gasteiger partial charge in [0.25, 0.3) is 0 Å². The van der Waals surface area contributed by atoms with Crippen LogP contribution < -0.4 is 27.4 Å². The molecule has 0 spiro atoms. The van der Waals surface area contributed by atoms with Gasteiger partial charge in [-0.3, -0.25) is 0 Å². The monoisotopic (exact) mass is 378 g/mol. The molecule has 0 aliphatic heterocycles. The summed E-state index contributed by atoms with van der Waals surface area (Å²) in [5, 5.41) is 9.21. The van der Waals surface area contributed by atoms with Crippen LogP contribution in [0.15, 0.2) is 30.3 Å². The van der Waals surface area contributed by atoms with Gasteiger partial charge in [-0.05, 0) is 12.1 Å². The topological polar surface area (TPSA) is 127 Å². The highest BCUT2D eigenvalue weighted by molar-refractivity contribution is 5.55. The number of nitrogens with two attached hydrogens (primary N) is 2. The third kappa shape index (κ3) is 12.5. The van der Waals surface area contributed by atoms with E-state index in [9.17, 15) is 0 Å². The van der Waals surface area contributed by atoms with E-state index in [0.29, 0.717) is 44.0 Å². The molecule has 1 aromatic heterocycles. The molecule has 1 heterocycles. The van der Waals surface area contributed by atoms with Crippen LogP contribution in [-0.2, 0) is 0 Å². The Bertz CT molecular complexity index is 522. The predicted octanol–water partition coefficient (Wildman–Crippen LogP) is 3.44. The lowest BCUT2D eigenvalue weighted by Gasteiger charge is -2.10. The van der Waals surface area contributed by atoms with Gasteiger partial charge in [-0.1, -0.05) is 59.7 Å². The summed E-state index contributed by atoms with van der Waals surface area (Å²) in [5.41, 5.74) is 11.9. The van der Waals surface area contributed by atoms with Crippen LogP contribution in [0, 0.1) is 0 Å². The molecule has 154 valence electrons. The molecule has 2 aromatic rings. The van der Waals surface area contributed by atoms with Crippen molar-refractivity contribution < 1.29 is 0 Å². The lowest BCUT2D eigenvalue weighted by atomic mass is 10.3. The largest absolute Gasteiger partial charge is 0.353 e. The van der Waals surface area contributed by atoms with Crippen LogP contribution in [0.3, 0.4) is 0 Å². The van der Waals surface area contributed by atoms with Crippen molar-refractivity contribution in [2.45, 2.75) is 41.5 Å². The molecular weight excluding hydrogens is 340 g/mol. The Morgan fingerprint density at radius 3 is 1.48 bits per heavy atom. The van der Waals surface area contributed by atoms with Crippen molar-refractivity contribution in [3.63, 3.8) is 0 Å². The van der Waals surface area contributed by atoms with E-state index in [0.717, 1.165) is 5.69 Å². The predicted molar refractivity (Wildman–Crippen MR) is 119 cm³/mol. The zero-order valence-corrected chi connectivity index (χ0v) is 17.7. The highest BCUT2D eigenvalue weighted by Crippen LogP contribution is 2.15. The van der Waals surface area contributed by atoms with Gasteiger partial charge in [-0.25, -0.2) is 0 Å². The Morgan fingerprint density at radius 1 is 0.667 bits per heavy atom. The molecule has 0 unspecified atom stereocenters.